The van der Waals surface area contributed by atoms with Crippen LogP contribution in [-0.2, 0) is 0 Å². The molecule has 0 saturated carbocycles. The van der Waals surface area contributed by atoms with E-state index in [9.17, 15) is 9.18 Å². The topological polar surface area (TPSA) is 69.8 Å². The maximum atomic E-state index is 13.7. The molecule has 0 aliphatic rings. The number of aromatic nitrogens is 2. The van der Waals surface area contributed by atoms with Gasteiger partial charge >= 0.3 is 6.03 Å². The largest absolute Gasteiger partial charge is 0.352 e. The number of nitrogens with zero attached hydrogens (tertiary/aromatic N) is 1. The summed E-state index contributed by atoms with van der Waals surface area (Å²) in [4.78, 5) is 19.9. The average Bonchev–Trinajstić information content (AvgIpc) is 3.05. The van der Waals surface area contributed by atoms with Crippen molar-refractivity contribution < 1.29 is 9.18 Å². The van der Waals surface area contributed by atoms with E-state index in [4.69, 9.17) is 11.6 Å². The molecule has 3 N–H and O–H groups in total. The van der Waals surface area contributed by atoms with Gasteiger partial charge < -0.3 is 15.6 Å². The predicted molar refractivity (Wildman–Crippen MR) is 110 cm³/mol. The summed E-state index contributed by atoms with van der Waals surface area (Å²) in [5.74, 6) is -0.380. The van der Waals surface area contributed by atoms with Gasteiger partial charge in [0.1, 0.15) is 5.82 Å². The molecule has 0 bridgehead atoms. The monoisotopic (exact) mass is 394 g/mol. The number of urea groups is 1. The Morgan fingerprint density at radius 1 is 1.11 bits per heavy atom. The average molecular weight is 395 g/mol. The minimum Gasteiger partial charge on any atom is -0.352 e. The Hall–Kier alpha value is -3.38. The Morgan fingerprint density at radius 3 is 2.64 bits per heavy atom. The molecule has 4 rings (SSSR count). The summed E-state index contributed by atoms with van der Waals surface area (Å²) in [6.45, 7) is 1.66. The van der Waals surface area contributed by atoms with Crippen LogP contribution in [0.4, 0.5) is 20.6 Å². The van der Waals surface area contributed by atoms with Crippen molar-refractivity contribution in [3.63, 3.8) is 0 Å². The lowest BCUT2D eigenvalue weighted by molar-refractivity contribution is 0.262. The number of benzene rings is 2. The number of fused-ring (bicyclic) bond motifs is 1. The molecule has 0 aliphatic heterocycles. The molecule has 0 unspecified atom stereocenters. The standard InChI is InChI=1S/C21H16ClFN4O/c1-12-5-6-14(11-17(12)23)25-21(28)27-20-15-3-2-4-16(22)19(15)26-18(20)13-7-9-24-10-8-13/h2-11,26H,1H3,(H2,25,27,28). The van der Waals surface area contributed by atoms with Crippen LogP contribution in [0.15, 0.2) is 60.9 Å². The van der Waals surface area contributed by atoms with Crippen LogP contribution in [0.1, 0.15) is 5.56 Å². The van der Waals surface area contributed by atoms with Gasteiger partial charge in [0.2, 0.25) is 0 Å². The first-order valence-electron chi connectivity index (χ1n) is 8.57. The summed E-state index contributed by atoms with van der Waals surface area (Å²) in [6.07, 6.45) is 3.34. The van der Waals surface area contributed by atoms with Crippen molar-refractivity contribution in [1.82, 2.24) is 9.97 Å². The number of H-pyrrole nitrogens is 1. The molecule has 7 heteroatoms. The van der Waals surface area contributed by atoms with E-state index in [1.54, 1.807) is 37.5 Å². The number of carbonyl (C=O) groups excluding carboxylic acids is 1. The van der Waals surface area contributed by atoms with Crippen molar-refractivity contribution in [2.45, 2.75) is 6.92 Å². The van der Waals surface area contributed by atoms with Crippen LogP contribution in [0.3, 0.4) is 0 Å². The quantitative estimate of drug-likeness (QED) is 0.400. The lowest BCUT2D eigenvalue weighted by Crippen LogP contribution is -2.19. The molecular weight excluding hydrogens is 379 g/mol. The molecule has 2 heterocycles. The smallest absolute Gasteiger partial charge is 0.323 e. The number of nitrogens with one attached hydrogen (secondary N) is 3. The van der Waals surface area contributed by atoms with Gasteiger partial charge in [0.25, 0.3) is 0 Å². The van der Waals surface area contributed by atoms with E-state index >= 15 is 0 Å². The number of hydrogen-bond acceptors (Lipinski definition) is 2. The van der Waals surface area contributed by atoms with Gasteiger partial charge in [-0.1, -0.05) is 29.8 Å². The minimum atomic E-state index is -0.487. The maximum Gasteiger partial charge on any atom is 0.323 e. The van der Waals surface area contributed by atoms with Crippen LogP contribution in [-0.4, -0.2) is 16.0 Å². The molecule has 28 heavy (non-hydrogen) atoms. The zero-order chi connectivity index (χ0) is 19.7. The summed E-state index contributed by atoms with van der Waals surface area (Å²) in [5.41, 5.74) is 3.72. The molecule has 4 aromatic rings. The molecule has 0 aliphatic carbocycles. The molecule has 0 fully saturated rings. The Kier molecular flexibility index (Phi) is 4.71. The summed E-state index contributed by atoms with van der Waals surface area (Å²) >= 11 is 6.31. The third-order valence-electron chi connectivity index (χ3n) is 4.42. The lowest BCUT2D eigenvalue weighted by atomic mass is 10.1. The fraction of sp³-hybridized carbons (Fsp3) is 0.0476. The molecule has 0 saturated heterocycles. The number of hydrogen-bond donors (Lipinski definition) is 3. The molecule has 2 aromatic heterocycles. The Balaban J connectivity index is 1.71. The molecule has 0 atom stereocenters. The van der Waals surface area contributed by atoms with Crippen molar-refractivity contribution in [2.75, 3.05) is 10.6 Å². The summed E-state index contributed by atoms with van der Waals surface area (Å²) in [5, 5.41) is 6.83. The van der Waals surface area contributed by atoms with Gasteiger partial charge in [-0.2, -0.15) is 0 Å². The molecule has 2 amide bonds. The second-order valence-corrected chi connectivity index (χ2v) is 6.72. The summed E-state index contributed by atoms with van der Waals surface area (Å²) in [6, 6.07) is 13.2. The number of para-hydroxylation sites is 1. The van der Waals surface area contributed by atoms with Crippen molar-refractivity contribution in [1.29, 1.82) is 0 Å². The van der Waals surface area contributed by atoms with Crippen LogP contribution in [0.25, 0.3) is 22.2 Å². The molecule has 140 valence electrons. The Morgan fingerprint density at radius 2 is 1.89 bits per heavy atom. The van der Waals surface area contributed by atoms with E-state index in [0.29, 0.717) is 33.2 Å². The fourth-order valence-electron chi connectivity index (χ4n) is 2.99. The van der Waals surface area contributed by atoms with Crippen LogP contribution in [0.2, 0.25) is 5.02 Å². The third-order valence-corrected chi connectivity index (χ3v) is 4.74. The highest BCUT2D eigenvalue weighted by atomic mass is 35.5. The Bertz CT molecular complexity index is 1170. The molecule has 0 radical (unpaired) electrons. The van der Waals surface area contributed by atoms with Gasteiger partial charge in [0.05, 0.1) is 21.9 Å². The third kappa shape index (κ3) is 3.42. The van der Waals surface area contributed by atoms with E-state index in [1.165, 1.54) is 6.07 Å². The highest BCUT2D eigenvalue weighted by Gasteiger charge is 2.17. The number of halogens is 2. The number of amides is 2. The van der Waals surface area contributed by atoms with E-state index in [-0.39, 0.29) is 5.82 Å². The SMILES string of the molecule is Cc1ccc(NC(=O)Nc2c(-c3ccncc3)[nH]c3c(Cl)cccc23)cc1F. The summed E-state index contributed by atoms with van der Waals surface area (Å²) < 4.78 is 13.7. The second-order valence-electron chi connectivity index (χ2n) is 6.32. The van der Waals surface area contributed by atoms with Crippen molar-refractivity contribution in [3.05, 3.63) is 77.3 Å². The number of aromatic amines is 1. The van der Waals surface area contributed by atoms with Gasteiger partial charge in [-0.05, 0) is 42.8 Å². The maximum absolute atomic E-state index is 13.7. The van der Waals surface area contributed by atoms with E-state index in [1.807, 2.05) is 24.3 Å². The van der Waals surface area contributed by atoms with Crippen molar-refractivity contribution in [2.24, 2.45) is 0 Å². The van der Waals surface area contributed by atoms with Gasteiger partial charge in [-0.25, -0.2) is 9.18 Å². The van der Waals surface area contributed by atoms with Crippen LogP contribution in [0.5, 0.6) is 0 Å². The zero-order valence-corrected chi connectivity index (χ0v) is 15.6. The van der Waals surface area contributed by atoms with Crippen LogP contribution in [0, 0.1) is 12.7 Å². The molecule has 0 spiro atoms. The van der Waals surface area contributed by atoms with Crippen molar-refractivity contribution in [3.8, 4) is 11.3 Å². The summed E-state index contributed by atoms with van der Waals surface area (Å²) in [7, 11) is 0. The first kappa shape index (κ1) is 18.0. The van der Waals surface area contributed by atoms with Gasteiger partial charge in [0.15, 0.2) is 0 Å². The highest BCUT2D eigenvalue weighted by molar-refractivity contribution is 6.36. The first-order valence-corrected chi connectivity index (χ1v) is 8.95. The van der Waals surface area contributed by atoms with Crippen LogP contribution >= 0.6 is 11.6 Å². The predicted octanol–water partition coefficient (Wildman–Crippen LogP) is 5.97. The number of carbonyl (C=O) groups is 1. The zero-order valence-electron chi connectivity index (χ0n) is 14.9. The lowest BCUT2D eigenvalue weighted by Gasteiger charge is -2.10. The van der Waals surface area contributed by atoms with E-state index in [0.717, 1.165) is 10.9 Å². The van der Waals surface area contributed by atoms with E-state index in [2.05, 4.69) is 20.6 Å². The van der Waals surface area contributed by atoms with Crippen molar-refractivity contribution >= 4 is 39.9 Å². The number of aryl methyl sites for hydroxylation is 1. The molecule has 2 aromatic carbocycles. The molecular formula is C21H16ClFN4O. The number of rotatable bonds is 3. The molecule has 5 nitrogen and oxygen atoms in total. The number of anilines is 2. The Labute approximate surface area is 165 Å². The van der Waals surface area contributed by atoms with E-state index < -0.39 is 6.03 Å². The van der Waals surface area contributed by atoms with Gasteiger partial charge in [-0.15, -0.1) is 0 Å². The fourth-order valence-corrected chi connectivity index (χ4v) is 3.21. The highest BCUT2D eigenvalue weighted by Crippen LogP contribution is 2.37. The number of pyridine rings is 1. The minimum absolute atomic E-state index is 0.365. The van der Waals surface area contributed by atoms with Gasteiger partial charge in [-0.3, -0.25) is 4.98 Å². The second kappa shape index (κ2) is 7.32. The van der Waals surface area contributed by atoms with Gasteiger partial charge in [0, 0.05) is 29.0 Å². The first-order chi connectivity index (χ1) is 13.5. The normalized spacial score (nSPS) is 10.8. The van der Waals surface area contributed by atoms with Crippen LogP contribution < -0.4 is 10.6 Å².